The highest BCUT2D eigenvalue weighted by atomic mass is 16.5. The van der Waals surface area contributed by atoms with Crippen LogP contribution in [0.3, 0.4) is 0 Å². The number of ether oxygens (including phenoxy) is 1. The number of aromatic nitrogens is 1. The van der Waals surface area contributed by atoms with Crippen molar-refractivity contribution in [2.45, 2.75) is 79.7 Å². The Kier molecular flexibility index (Phi) is 10.2. The lowest BCUT2D eigenvalue weighted by molar-refractivity contribution is -0.125. The third-order valence-corrected chi connectivity index (χ3v) is 10.0. The van der Waals surface area contributed by atoms with Crippen molar-refractivity contribution in [3.63, 3.8) is 0 Å². The molecule has 45 heavy (non-hydrogen) atoms. The molecule has 240 valence electrons. The van der Waals surface area contributed by atoms with Gasteiger partial charge in [-0.1, -0.05) is 38.0 Å². The fraction of sp³-hybridized carbons (Fsp3) is 0.486. The van der Waals surface area contributed by atoms with E-state index in [1.165, 1.54) is 11.1 Å². The summed E-state index contributed by atoms with van der Waals surface area (Å²) in [5, 5.41) is 6.21. The Bertz CT molecular complexity index is 1610. The molecule has 0 spiro atoms. The molecule has 5 rings (SSSR count). The van der Waals surface area contributed by atoms with E-state index in [0.717, 1.165) is 93.8 Å². The maximum atomic E-state index is 13.7. The van der Waals surface area contributed by atoms with E-state index in [1.807, 2.05) is 39.0 Å². The predicted molar refractivity (Wildman–Crippen MR) is 180 cm³/mol. The van der Waals surface area contributed by atoms with E-state index in [4.69, 9.17) is 4.74 Å². The van der Waals surface area contributed by atoms with Crippen molar-refractivity contribution in [2.75, 3.05) is 38.2 Å². The first kappa shape index (κ1) is 32.6. The van der Waals surface area contributed by atoms with Crippen molar-refractivity contribution in [1.29, 1.82) is 0 Å². The van der Waals surface area contributed by atoms with Gasteiger partial charge in [-0.15, -0.1) is 0 Å². The summed E-state index contributed by atoms with van der Waals surface area (Å²) < 4.78 is 5.49. The first-order valence-corrected chi connectivity index (χ1v) is 16.4. The molecule has 2 heterocycles. The molecule has 2 fully saturated rings. The predicted octanol–water partition coefficient (Wildman–Crippen LogP) is 5.99. The minimum atomic E-state index is -0.367. The van der Waals surface area contributed by atoms with Crippen LogP contribution in [0, 0.1) is 33.1 Å². The van der Waals surface area contributed by atoms with Gasteiger partial charge in [-0.2, -0.15) is 0 Å². The number of nitrogens with zero attached hydrogens (tertiary/aromatic N) is 1. The number of anilines is 1. The van der Waals surface area contributed by atoms with E-state index in [2.05, 4.69) is 52.6 Å². The van der Waals surface area contributed by atoms with Gasteiger partial charge in [0.2, 0.25) is 5.91 Å². The van der Waals surface area contributed by atoms with Crippen LogP contribution in [0.4, 0.5) is 5.69 Å². The molecule has 0 bridgehead atoms. The second-order valence-corrected chi connectivity index (χ2v) is 13.0. The summed E-state index contributed by atoms with van der Waals surface area (Å²) in [7, 11) is 0. The number of morpholine rings is 1. The minimum absolute atomic E-state index is 0.0329. The molecule has 2 aromatic carbocycles. The Morgan fingerprint density at radius 1 is 0.956 bits per heavy atom. The molecular formula is C37H48N4O4. The fourth-order valence-corrected chi connectivity index (χ4v) is 6.92. The largest absolute Gasteiger partial charge is 0.379 e. The third kappa shape index (κ3) is 7.39. The maximum Gasteiger partial charge on any atom is 0.253 e. The highest BCUT2D eigenvalue weighted by Gasteiger charge is 2.39. The Morgan fingerprint density at radius 3 is 2.36 bits per heavy atom. The average Bonchev–Trinajstić information content (AvgIpc) is 3.52. The minimum Gasteiger partial charge on any atom is -0.379 e. The summed E-state index contributed by atoms with van der Waals surface area (Å²) in [5.74, 6) is -0.250. The molecule has 8 heteroatoms. The number of carbonyl (C=O) groups excluding carboxylic acids is 2. The van der Waals surface area contributed by atoms with Crippen LogP contribution >= 0.6 is 0 Å². The van der Waals surface area contributed by atoms with Crippen molar-refractivity contribution in [3.05, 3.63) is 85.8 Å². The Morgan fingerprint density at radius 2 is 1.69 bits per heavy atom. The van der Waals surface area contributed by atoms with Crippen LogP contribution in [0.15, 0.2) is 41.2 Å². The molecule has 1 aliphatic carbocycles. The van der Waals surface area contributed by atoms with Crippen molar-refractivity contribution >= 4 is 17.5 Å². The second-order valence-electron chi connectivity index (χ2n) is 13.0. The van der Waals surface area contributed by atoms with Gasteiger partial charge < -0.3 is 20.4 Å². The number of rotatable bonds is 10. The van der Waals surface area contributed by atoms with Crippen LogP contribution in [0.1, 0.15) is 82.9 Å². The number of benzene rings is 2. The van der Waals surface area contributed by atoms with Crippen LogP contribution in [0.5, 0.6) is 0 Å². The molecule has 1 aliphatic heterocycles. The quantitative estimate of drug-likeness (QED) is 0.261. The summed E-state index contributed by atoms with van der Waals surface area (Å²) in [4.78, 5) is 45.3. The summed E-state index contributed by atoms with van der Waals surface area (Å²) in [6.07, 6.45) is 5.64. The molecule has 3 aromatic rings. The molecule has 1 aromatic heterocycles. The van der Waals surface area contributed by atoms with E-state index >= 15 is 0 Å². The first-order chi connectivity index (χ1) is 21.6. The zero-order chi connectivity index (χ0) is 32.1. The van der Waals surface area contributed by atoms with Crippen LogP contribution in [0.2, 0.25) is 0 Å². The number of hydrogen-bond acceptors (Lipinski definition) is 5. The Labute approximate surface area is 267 Å². The lowest BCUT2D eigenvalue weighted by atomic mass is 9.82. The van der Waals surface area contributed by atoms with Gasteiger partial charge in [-0.3, -0.25) is 19.3 Å². The SMILES string of the molecule is CCC1(C(=O)Nc2cc(-c3ccc(CCN4CCOCC4)c(C)c3)cc(C(=O)NCc3c(C)cc(C)[nH]c3=O)c2C)CCCC1. The number of aromatic amines is 1. The van der Waals surface area contributed by atoms with E-state index in [9.17, 15) is 14.4 Å². The molecule has 0 atom stereocenters. The van der Waals surface area contributed by atoms with Crippen molar-refractivity contribution < 1.29 is 14.3 Å². The summed E-state index contributed by atoms with van der Waals surface area (Å²) in [6.45, 7) is 14.5. The highest BCUT2D eigenvalue weighted by molar-refractivity contribution is 6.02. The first-order valence-electron chi connectivity index (χ1n) is 16.4. The van der Waals surface area contributed by atoms with Gasteiger partial charge in [0.25, 0.3) is 11.5 Å². The Hall–Kier alpha value is -3.75. The molecule has 2 amide bonds. The van der Waals surface area contributed by atoms with Gasteiger partial charge in [0.05, 0.1) is 13.2 Å². The Balaban J connectivity index is 1.45. The van der Waals surface area contributed by atoms with E-state index in [1.54, 1.807) is 0 Å². The second kappa shape index (κ2) is 14.1. The molecule has 3 N–H and O–H groups in total. The van der Waals surface area contributed by atoms with Crippen LogP contribution in [-0.2, 0) is 22.5 Å². The molecule has 0 radical (unpaired) electrons. The number of carbonyl (C=O) groups is 2. The zero-order valence-corrected chi connectivity index (χ0v) is 27.5. The van der Waals surface area contributed by atoms with Crippen molar-refractivity contribution in [2.24, 2.45) is 5.41 Å². The van der Waals surface area contributed by atoms with Gasteiger partial charge in [-0.05, 0) is 105 Å². The van der Waals surface area contributed by atoms with Crippen LogP contribution in [-0.4, -0.2) is 54.5 Å². The third-order valence-electron chi connectivity index (χ3n) is 10.0. The summed E-state index contributed by atoms with van der Waals surface area (Å²) >= 11 is 0. The van der Waals surface area contributed by atoms with E-state index in [0.29, 0.717) is 22.4 Å². The molecule has 1 saturated carbocycles. The molecular weight excluding hydrogens is 564 g/mol. The summed E-state index contributed by atoms with van der Waals surface area (Å²) in [6, 6.07) is 12.3. The standard InChI is InChI=1S/C37H48N4O4/c1-6-37(12-7-8-13-37)36(44)40-33-22-30(29-10-9-28(24(2)20-29)11-14-41-15-17-45-18-16-41)21-31(27(33)5)34(42)38-23-32-25(3)19-26(4)39-35(32)43/h9-10,19-22H,6-8,11-18,23H2,1-5H3,(H,38,42)(H,39,43)(H,40,44). The number of nitrogens with one attached hydrogen (secondary N) is 3. The maximum absolute atomic E-state index is 13.7. The lowest BCUT2D eigenvalue weighted by Crippen LogP contribution is -2.37. The molecule has 1 saturated heterocycles. The summed E-state index contributed by atoms with van der Waals surface area (Å²) in [5.41, 5.74) is 7.78. The topological polar surface area (TPSA) is 104 Å². The highest BCUT2D eigenvalue weighted by Crippen LogP contribution is 2.42. The number of pyridine rings is 1. The monoisotopic (exact) mass is 612 g/mol. The fourth-order valence-electron chi connectivity index (χ4n) is 6.92. The van der Waals surface area contributed by atoms with Crippen LogP contribution in [0.25, 0.3) is 11.1 Å². The number of H-pyrrole nitrogens is 1. The number of amides is 2. The normalized spacial score (nSPS) is 16.5. The smallest absolute Gasteiger partial charge is 0.253 e. The van der Waals surface area contributed by atoms with Gasteiger partial charge in [0, 0.05) is 54.1 Å². The van der Waals surface area contributed by atoms with Gasteiger partial charge in [-0.25, -0.2) is 0 Å². The number of aryl methyl sites for hydroxylation is 3. The van der Waals surface area contributed by atoms with Gasteiger partial charge in [0.15, 0.2) is 0 Å². The number of hydrogen-bond donors (Lipinski definition) is 3. The van der Waals surface area contributed by atoms with E-state index in [-0.39, 0.29) is 29.3 Å². The van der Waals surface area contributed by atoms with Gasteiger partial charge >= 0.3 is 0 Å². The van der Waals surface area contributed by atoms with Crippen LogP contribution < -0.4 is 16.2 Å². The molecule has 8 nitrogen and oxygen atoms in total. The van der Waals surface area contributed by atoms with Crippen molar-refractivity contribution in [3.8, 4) is 11.1 Å². The zero-order valence-electron chi connectivity index (χ0n) is 27.5. The van der Waals surface area contributed by atoms with E-state index < -0.39 is 0 Å². The average molecular weight is 613 g/mol. The lowest BCUT2D eigenvalue weighted by Gasteiger charge is -2.27. The van der Waals surface area contributed by atoms with Gasteiger partial charge in [0.1, 0.15) is 0 Å². The van der Waals surface area contributed by atoms with Crippen molar-refractivity contribution in [1.82, 2.24) is 15.2 Å². The molecule has 0 unspecified atom stereocenters. The molecule has 2 aliphatic rings.